The Kier molecular flexibility index (Phi) is 2.99. The third-order valence-electron chi connectivity index (χ3n) is 8.17. The minimum atomic E-state index is 0.277. The average molecular weight is 290 g/mol. The summed E-state index contributed by atoms with van der Waals surface area (Å²) in [6.45, 7) is 4.92. The van der Waals surface area contributed by atoms with Crippen molar-refractivity contribution in [3.05, 3.63) is 0 Å². The molecule has 4 aliphatic rings. The zero-order chi connectivity index (χ0) is 14.8. The van der Waals surface area contributed by atoms with Gasteiger partial charge in [-0.25, -0.2) is 0 Å². The molecular weight excluding hydrogens is 260 g/mol. The molecule has 3 N–H and O–H groups in total. The van der Waals surface area contributed by atoms with Crippen LogP contribution < -0.4 is 11.1 Å². The lowest BCUT2D eigenvalue weighted by molar-refractivity contribution is -0.135. The quantitative estimate of drug-likeness (QED) is 0.721. The Morgan fingerprint density at radius 1 is 1.00 bits per heavy atom. The van der Waals surface area contributed by atoms with Crippen LogP contribution in [0, 0.1) is 28.6 Å². The van der Waals surface area contributed by atoms with E-state index < -0.39 is 0 Å². The van der Waals surface area contributed by atoms with E-state index in [-0.39, 0.29) is 5.91 Å². The van der Waals surface area contributed by atoms with Crippen LogP contribution in [-0.4, -0.2) is 18.0 Å². The maximum absolute atomic E-state index is 11.8. The van der Waals surface area contributed by atoms with Gasteiger partial charge in [-0.15, -0.1) is 0 Å². The Morgan fingerprint density at radius 3 is 2.57 bits per heavy atom. The highest BCUT2D eigenvalue weighted by atomic mass is 16.1. The average Bonchev–Trinajstić information content (AvgIpc) is 2.76. The van der Waals surface area contributed by atoms with Crippen LogP contribution in [0.25, 0.3) is 0 Å². The molecular formula is C18H30N2O. The van der Waals surface area contributed by atoms with E-state index in [0.29, 0.717) is 22.9 Å². The van der Waals surface area contributed by atoms with Gasteiger partial charge >= 0.3 is 0 Å². The van der Waals surface area contributed by atoms with Gasteiger partial charge in [-0.1, -0.05) is 13.8 Å². The Labute approximate surface area is 128 Å². The van der Waals surface area contributed by atoms with Gasteiger partial charge in [0.05, 0.1) is 0 Å². The normalized spacial score (nSPS) is 56.1. The van der Waals surface area contributed by atoms with E-state index >= 15 is 0 Å². The van der Waals surface area contributed by atoms with E-state index in [9.17, 15) is 4.79 Å². The molecule has 0 aromatic rings. The second-order valence-corrected chi connectivity index (χ2v) is 8.81. The van der Waals surface area contributed by atoms with Crippen LogP contribution in [0.4, 0.5) is 0 Å². The van der Waals surface area contributed by atoms with Crippen molar-refractivity contribution in [3.63, 3.8) is 0 Å². The number of fused-ring (bicyclic) bond motifs is 5. The minimum Gasteiger partial charge on any atom is -0.353 e. The van der Waals surface area contributed by atoms with Crippen LogP contribution in [0.1, 0.15) is 65.2 Å². The number of amides is 1. The summed E-state index contributed by atoms with van der Waals surface area (Å²) in [5.41, 5.74) is 7.20. The number of nitrogens with two attached hydrogens (primary N) is 1. The molecule has 118 valence electrons. The highest BCUT2D eigenvalue weighted by Crippen LogP contribution is 2.63. The maximum atomic E-state index is 11.8. The van der Waals surface area contributed by atoms with E-state index in [2.05, 4.69) is 19.2 Å². The fourth-order valence-electron chi connectivity index (χ4n) is 6.74. The van der Waals surface area contributed by atoms with Crippen LogP contribution in [0.2, 0.25) is 0 Å². The van der Waals surface area contributed by atoms with Crippen LogP contribution >= 0.6 is 0 Å². The van der Waals surface area contributed by atoms with Crippen molar-refractivity contribution in [3.8, 4) is 0 Å². The van der Waals surface area contributed by atoms with Gasteiger partial charge in [0.25, 0.3) is 0 Å². The molecule has 3 saturated carbocycles. The molecule has 0 radical (unpaired) electrons. The van der Waals surface area contributed by atoms with Crippen molar-refractivity contribution in [2.75, 3.05) is 0 Å². The monoisotopic (exact) mass is 290 g/mol. The van der Waals surface area contributed by atoms with Gasteiger partial charge in [0.2, 0.25) is 5.91 Å². The summed E-state index contributed by atoms with van der Waals surface area (Å²) >= 11 is 0. The molecule has 2 unspecified atom stereocenters. The smallest absolute Gasteiger partial charge is 0.220 e. The molecule has 0 spiro atoms. The summed E-state index contributed by atoms with van der Waals surface area (Å²) in [6.07, 6.45) is 9.51. The van der Waals surface area contributed by atoms with Crippen molar-refractivity contribution >= 4 is 5.91 Å². The minimum absolute atomic E-state index is 0.277. The first kappa shape index (κ1) is 14.0. The first-order valence-electron chi connectivity index (χ1n) is 9.00. The molecule has 0 bridgehead atoms. The summed E-state index contributed by atoms with van der Waals surface area (Å²) in [5.74, 6) is 2.77. The van der Waals surface area contributed by atoms with E-state index in [0.717, 1.165) is 30.6 Å². The predicted octanol–water partition coefficient (Wildman–Crippen LogP) is 2.83. The van der Waals surface area contributed by atoms with E-state index in [1.165, 1.54) is 38.5 Å². The summed E-state index contributed by atoms with van der Waals surface area (Å²) < 4.78 is 0. The van der Waals surface area contributed by atoms with Crippen LogP contribution in [0.15, 0.2) is 0 Å². The van der Waals surface area contributed by atoms with Crippen LogP contribution in [-0.2, 0) is 4.79 Å². The zero-order valence-corrected chi connectivity index (χ0v) is 13.5. The second kappa shape index (κ2) is 4.47. The number of hydrogen-bond acceptors (Lipinski definition) is 2. The van der Waals surface area contributed by atoms with Gasteiger partial charge in [0.1, 0.15) is 0 Å². The number of nitrogens with one attached hydrogen (secondary N) is 1. The number of rotatable bonds is 0. The van der Waals surface area contributed by atoms with Gasteiger partial charge in [-0.2, -0.15) is 0 Å². The first-order chi connectivity index (χ1) is 9.95. The molecule has 0 aromatic carbocycles. The van der Waals surface area contributed by atoms with E-state index in [1.807, 2.05) is 0 Å². The molecule has 4 fully saturated rings. The topological polar surface area (TPSA) is 55.1 Å². The molecule has 4 rings (SSSR count). The third kappa shape index (κ3) is 1.79. The van der Waals surface area contributed by atoms with Gasteiger partial charge in [0.15, 0.2) is 0 Å². The SMILES string of the molecule is C[C@]12CCC(=O)NC1CC[C@@H]1[C@H]2CC[C@]2(C)C(N)CC[C@@H]12. The maximum Gasteiger partial charge on any atom is 0.220 e. The molecule has 1 heterocycles. The number of hydrogen-bond donors (Lipinski definition) is 2. The highest BCUT2D eigenvalue weighted by Gasteiger charge is 2.59. The number of piperidine rings is 1. The molecule has 1 aliphatic heterocycles. The Hall–Kier alpha value is -0.570. The molecule has 0 aromatic heterocycles. The lowest BCUT2D eigenvalue weighted by Crippen LogP contribution is -2.61. The predicted molar refractivity (Wildman–Crippen MR) is 83.5 cm³/mol. The first-order valence-corrected chi connectivity index (χ1v) is 9.00. The number of carbonyl (C=O) groups is 1. The van der Waals surface area contributed by atoms with Gasteiger partial charge in [0, 0.05) is 18.5 Å². The Morgan fingerprint density at radius 2 is 1.76 bits per heavy atom. The van der Waals surface area contributed by atoms with Gasteiger partial charge in [-0.05, 0) is 73.5 Å². The number of carbonyl (C=O) groups excluding carboxylic acids is 1. The Bertz CT molecular complexity index is 464. The second-order valence-electron chi connectivity index (χ2n) is 8.81. The molecule has 7 atom stereocenters. The Balaban J connectivity index is 1.64. The van der Waals surface area contributed by atoms with Crippen molar-refractivity contribution in [1.29, 1.82) is 0 Å². The molecule has 1 saturated heterocycles. The van der Waals surface area contributed by atoms with E-state index in [4.69, 9.17) is 5.73 Å². The summed E-state index contributed by atoms with van der Waals surface area (Å²) in [4.78, 5) is 11.8. The fourth-order valence-corrected chi connectivity index (χ4v) is 6.74. The summed E-state index contributed by atoms with van der Waals surface area (Å²) in [7, 11) is 0. The summed E-state index contributed by atoms with van der Waals surface area (Å²) in [6, 6.07) is 0.847. The lowest BCUT2D eigenvalue weighted by Gasteiger charge is -2.60. The highest BCUT2D eigenvalue weighted by molar-refractivity contribution is 5.77. The van der Waals surface area contributed by atoms with Gasteiger partial charge < -0.3 is 11.1 Å². The van der Waals surface area contributed by atoms with Crippen molar-refractivity contribution in [2.24, 2.45) is 34.3 Å². The van der Waals surface area contributed by atoms with Crippen molar-refractivity contribution in [1.82, 2.24) is 5.32 Å². The van der Waals surface area contributed by atoms with E-state index in [1.54, 1.807) is 0 Å². The van der Waals surface area contributed by atoms with Crippen molar-refractivity contribution < 1.29 is 4.79 Å². The summed E-state index contributed by atoms with van der Waals surface area (Å²) in [5, 5.41) is 3.31. The molecule has 3 nitrogen and oxygen atoms in total. The fraction of sp³-hybridized carbons (Fsp3) is 0.944. The zero-order valence-electron chi connectivity index (χ0n) is 13.5. The van der Waals surface area contributed by atoms with Crippen molar-refractivity contribution in [2.45, 2.75) is 77.3 Å². The third-order valence-corrected chi connectivity index (χ3v) is 8.17. The lowest BCUT2D eigenvalue weighted by atomic mass is 9.47. The van der Waals surface area contributed by atoms with Crippen LogP contribution in [0.5, 0.6) is 0 Å². The molecule has 21 heavy (non-hydrogen) atoms. The standard InChI is InChI=1S/C18H30N2O/c1-17-9-7-13-11(12(17)4-5-14(17)19)3-6-15-18(13,2)10-8-16(21)20-15/h11-15H,3-10,19H2,1-2H3,(H,20,21)/t11-,12-,13+,14?,15?,17-,18+/m0/s1. The van der Waals surface area contributed by atoms with Crippen LogP contribution in [0.3, 0.4) is 0 Å². The largest absolute Gasteiger partial charge is 0.353 e. The molecule has 3 heteroatoms. The molecule has 3 aliphatic carbocycles. The van der Waals surface area contributed by atoms with Gasteiger partial charge in [-0.3, -0.25) is 4.79 Å². The molecule has 1 amide bonds.